The summed E-state index contributed by atoms with van der Waals surface area (Å²) in [5, 5.41) is 7.05. The molecule has 0 amide bonds. The molecule has 11 aromatic rings. The third-order valence-electron chi connectivity index (χ3n) is 11.0. The van der Waals surface area contributed by atoms with Gasteiger partial charge in [-0.05, 0) is 94.2 Å². The molecule has 0 atom stereocenters. The Hall–Kier alpha value is -7.36. The van der Waals surface area contributed by atoms with Crippen molar-refractivity contribution in [2.24, 2.45) is 0 Å². The molecule has 9 aromatic carbocycles. The number of rotatable bonds is 6. The average molecular weight is 703 g/mol. The Morgan fingerprint density at radius 2 is 0.964 bits per heavy atom. The van der Waals surface area contributed by atoms with Crippen LogP contribution in [0.3, 0.4) is 0 Å². The zero-order valence-electron chi connectivity index (χ0n) is 29.9. The fourth-order valence-corrected chi connectivity index (χ4v) is 8.53. The molecule has 0 fully saturated rings. The lowest BCUT2D eigenvalue weighted by Gasteiger charge is -2.25. The van der Waals surface area contributed by atoms with E-state index in [1.54, 1.807) is 0 Å². The van der Waals surface area contributed by atoms with E-state index < -0.39 is 0 Å². The van der Waals surface area contributed by atoms with Gasteiger partial charge in [0.05, 0.1) is 11.0 Å². The van der Waals surface area contributed by atoms with Crippen LogP contribution in [0.2, 0.25) is 0 Å². The largest absolute Gasteiger partial charge is 0.456 e. The highest BCUT2D eigenvalue weighted by Crippen LogP contribution is 2.46. The second kappa shape index (κ2) is 12.6. The van der Waals surface area contributed by atoms with Crippen LogP contribution in [0, 0.1) is 0 Å². The Kier molecular flexibility index (Phi) is 7.17. The van der Waals surface area contributed by atoms with Crippen LogP contribution >= 0.6 is 0 Å². The van der Waals surface area contributed by atoms with Gasteiger partial charge in [-0.2, -0.15) is 0 Å². The van der Waals surface area contributed by atoms with Crippen LogP contribution in [0.1, 0.15) is 0 Å². The van der Waals surface area contributed by atoms with Gasteiger partial charge in [-0.15, -0.1) is 0 Å². The van der Waals surface area contributed by atoms with Gasteiger partial charge in [0.2, 0.25) is 0 Å². The van der Waals surface area contributed by atoms with Crippen molar-refractivity contribution in [3.05, 3.63) is 206 Å². The predicted octanol–water partition coefficient (Wildman–Crippen LogP) is 14.6. The number of furan rings is 1. The molecule has 3 heteroatoms. The van der Waals surface area contributed by atoms with Gasteiger partial charge >= 0.3 is 0 Å². The van der Waals surface area contributed by atoms with Crippen molar-refractivity contribution in [2.75, 3.05) is 4.90 Å². The minimum atomic E-state index is 0.866. The first kappa shape index (κ1) is 31.2. The first-order valence-electron chi connectivity index (χ1n) is 18.8. The standard InChI is InChI=1S/C52H34N2O/c1-4-15-35(16-5-1)36-27-29-39(30-28-36)53(37-17-6-2-7-18-37)40-31-32-49-47(33-40)51-43-23-11-10-21-41(43)46(34-50(51)55-49)45-25-14-24-44-42-22-12-13-26-48(42)54(52(44)45)38-19-8-3-9-20-38/h1-34H. The zero-order chi connectivity index (χ0) is 36.3. The Balaban J connectivity index is 1.13. The molecule has 0 saturated carbocycles. The number of fused-ring (bicyclic) bond motifs is 8. The lowest BCUT2D eigenvalue weighted by atomic mass is 9.93. The van der Waals surface area contributed by atoms with E-state index in [2.05, 4.69) is 216 Å². The number of para-hydroxylation sites is 4. The molecule has 55 heavy (non-hydrogen) atoms. The third kappa shape index (κ3) is 5.05. The van der Waals surface area contributed by atoms with Crippen molar-refractivity contribution in [1.82, 2.24) is 4.57 Å². The van der Waals surface area contributed by atoms with Crippen LogP contribution in [0.25, 0.3) is 82.5 Å². The van der Waals surface area contributed by atoms with E-state index in [-0.39, 0.29) is 0 Å². The van der Waals surface area contributed by atoms with E-state index in [4.69, 9.17) is 4.42 Å². The fourth-order valence-electron chi connectivity index (χ4n) is 8.53. The maximum atomic E-state index is 6.79. The molecule has 3 nitrogen and oxygen atoms in total. The summed E-state index contributed by atoms with van der Waals surface area (Å²) in [4.78, 5) is 2.33. The van der Waals surface area contributed by atoms with Gasteiger partial charge in [0, 0.05) is 49.9 Å². The maximum Gasteiger partial charge on any atom is 0.136 e. The molecule has 0 aliphatic rings. The summed E-state index contributed by atoms with van der Waals surface area (Å²) in [6.07, 6.45) is 0. The molecular weight excluding hydrogens is 669 g/mol. The second-order valence-electron chi connectivity index (χ2n) is 14.1. The van der Waals surface area contributed by atoms with E-state index in [1.807, 2.05) is 0 Å². The molecule has 0 saturated heterocycles. The fraction of sp³-hybridized carbons (Fsp3) is 0. The monoisotopic (exact) mass is 702 g/mol. The van der Waals surface area contributed by atoms with Gasteiger partial charge < -0.3 is 13.9 Å². The number of hydrogen-bond donors (Lipinski definition) is 0. The minimum absolute atomic E-state index is 0.866. The SMILES string of the molecule is c1ccc(-c2ccc(N(c3ccccc3)c3ccc4oc5cc(-c6cccc7c8ccccc8n(-c8ccccc8)c67)c6ccccc6c5c4c3)cc2)cc1. The Morgan fingerprint density at radius 1 is 0.364 bits per heavy atom. The maximum absolute atomic E-state index is 6.79. The van der Waals surface area contributed by atoms with E-state index >= 15 is 0 Å². The molecule has 0 N–H and O–H groups in total. The zero-order valence-corrected chi connectivity index (χ0v) is 29.9. The third-order valence-corrected chi connectivity index (χ3v) is 11.0. The van der Waals surface area contributed by atoms with E-state index in [9.17, 15) is 0 Å². The number of nitrogens with zero attached hydrogens (tertiary/aromatic N) is 2. The van der Waals surface area contributed by atoms with Crippen molar-refractivity contribution in [3.8, 4) is 27.9 Å². The number of anilines is 3. The topological polar surface area (TPSA) is 21.3 Å². The summed E-state index contributed by atoms with van der Waals surface area (Å²) in [6, 6.07) is 73.7. The van der Waals surface area contributed by atoms with E-state index in [0.29, 0.717) is 0 Å². The van der Waals surface area contributed by atoms with Gasteiger partial charge in [-0.1, -0.05) is 140 Å². The summed E-state index contributed by atoms with van der Waals surface area (Å²) < 4.78 is 9.21. The molecule has 2 aromatic heterocycles. The van der Waals surface area contributed by atoms with Gasteiger partial charge in [0.1, 0.15) is 11.2 Å². The normalized spacial score (nSPS) is 11.6. The van der Waals surface area contributed by atoms with Crippen molar-refractivity contribution >= 4 is 71.6 Å². The average Bonchev–Trinajstić information content (AvgIpc) is 3.80. The highest BCUT2D eigenvalue weighted by atomic mass is 16.3. The van der Waals surface area contributed by atoms with Crippen molar-refractivity contribution in [2.45, 2.75) is 0 Å². The summed E-state index contributed by atoms with van der Waals surface area (Å²) in [5.74, 6) is 0. The van der Waals surface area contributed by atoms with E-state index in [0.717, 1.165) is 50.3 Å². The summed E-state index contributed by atoms with van der Waals surface area (Å²) in [6.45, 7) is 0. The van der Waals surface area contributed by atoms with E-state index in [1.165, 1.54) is 49.3 Å². The lowest BCUT2D eigenvalue weighted by Crippen LogP contribution is -2.09. The first-order valence-corrected chi connectivity index (χ1v) is 18.8. The van der Waals surface area contributed by atoms with Crippen molar-refractivity contribution in [3.63, 3.8) is 0 Å². The van der Waals surface area contributed by atoms with Crippen molar-refractivity contribution in [1.29, 1.82) is 0 Å². The highest BCUT2D eigenvalue weighted by Gasteiger charge is 2.21. The smallest absolute Gasteiger partial charge is 0.136 e. The Bertz CT molecular complexity index is 3180. The summed E-state index contributed by atoms with van der Waals surface area (Å²) >= 11 is 0. The van der Waals surface area contributed by atoms with Crippen LogP contribution in [-0.2, 0) is 0 Å². The molecule has 11 rings (SSSR count). The quantitative estimate of drug-likeness (QED) is 0.172. The van der Waals surface area contributed by atoms with Crippen LogP contribution in [0.15, 0.2) is 211 Å². The Labute approximate surface area is 318 Å². The minimum Gasteiger partial charge on any atom is -0.456 e. The summed E-state index contributed by atoms with van der Waals surface area (Å²) in [5.41, 5.74) is 13.2. The van der Waals surface area contributed by atoms with Gasteiger partial charge in [-0.3, -0.25) is 0 Å². The molecule has 2 heterocycles. The highest BCUT2D eigenvalue weighted by molar-refractivity contribution is 6.24. The molecule has 0 aliphatic carbocycles. The van der Waals surface area contributed by atoms with Gasteiger partial charge in [-0.25, -0.2) is 0 Å². The van der Waals surface area contributed by atoms with Crippen molar-refractivity contribution < 1.29 is 4.42 Å². The van der Waals surface area contributed by atoms with Crippen LogP contribution < -0.4 is 4.90 Å². The number of benzene rings is 9. The molecular formula is C52H34N2O. The summed E-state index contributed by atoms with van der Waals surface area (Å²) in [7, 11) is 0. The molecule has 258 valence electrons. The van der Waals surface area contributed by atoms with Gasteiger partial charge in [0.15, 0.2) is 0 Å². The molecule has 0 spiro atoms. The molecule has 0 unspecified atom stereocenters. The first-order chi connectivity index (χ1) is 27.3. The molecule has 0 aliphatic heterocycles. The Morgan fingerprint density at radius 3 is 1.75 bits per heavy atom. The molecule has 0 radical (unpaired) electrons. The van der Waals surface area contributed by atoms with Crippen LogP contribution in [0.4, 0.5) is 17.1 Å². The van der Waals surface area contributed by atoms with Crippen LogP contribution in [0.5, 0.6) is 0 Å². The molecule has 0 bridgehead atoms. The predicted molar refractivity (Wildman–Crippen MR) is 231 cm³/mol. The second-order valence-corrected chi connectivity index (χ2v) is 14.1. The lowest BCUT2D eigenvalue weighted by molar-refractivity contribution is 0.669. The van der Waals surface area contributed by atoms with Gasteiger partial charge in [0.25, 0.3) is 0 Å². The van der Waals surface area contributed by atoms with Crippen LogP contribution in [-0.4, -0.2) is 4.57 Å². The number of aromatic nitrogens is 1. The number of hydrogen-bond acceptors (Lipinski definition) is 2.